The Labute approximate surface area is 103 Å². The molecule has 0 spiro atoms. The molecular formula is C12H24FN3O. The van der Waals surface area contributed by atoms with Crippen molar-refractivity contribution in [1.29, 1.82) is 0 Å². The summed E-state index contributed by atoms with van der Waals surface area (Å²) in [5.74, 6) is -0.593. The molecule has 0 atom stereocenters. The number of aromatic nitrogens is 1. The molecule has 1 rings (SSSR count). The van der Waals surface area contributed by atoms with E-state index in [2.05, 4.69) is 10.1 Å². The van der Waals surface area contributed by atoms with Crippen LogP contribution in [-0.2, 0) is 0 Å². The second-order valence-corrected chi connectivity index (χ2v) is 1.85. The first-order chi connectivity index (χ1) is 8.24. The maximum Gasteiger partial charge on any atom is 0.188 e. The SMILES string of the molecule is CC.CC.CC.N/C(=N\O)c1ccc(F)cn1. The van der Waals surface area contributed by atoms with Crippen molar-refractivity contribution >= 4 is 5.84 Å². The van der Waals surface area contributed by atoms with Gasteiger partial charge in [-0.1, -0.05) is 46.7 Å². The number of amidine groups is 1. The predicted molar refractivity (Wildman–Crippen MR) is 70.7 cm³/mol. The van der Waals surface area contributed by atoms with Gasteiger partial charge in [-0.2, -0.15) is 0 Å². The number of hydrogen-bond donors (Lipinski definition) is 2. The maximum atomic E-state index is 12.2. The number of oxime groups is 1. The first-order valence-corrected chi connectivity index (χ1v) is 5.83. The van der Waals surface area contributed by atoms with E-state index in [1.807, 2.05) is 41.5 Å². The summed E-state index contributed by atoms with van der Waals surface area (Å²) in [6.07, 6.45) is 0.993. The zero-order valence-electron chi connectivity index (χ0n) is 11.5. The zero-order chi connectivity index (χ0) is 14.3. The second-order valence-electron chi connectivity index (χ2n) is 1.85. The summed E-state index contributed by atoms with van der Waals surface area (Å²) in [6.45, 7) is 12.0. The third-order valence-electron chi connectivity index (χ3n) is 1.10. The minimum absolute atomic E-state index is 0.134. The van der Waals surface area contributed by atoms with Crippen molar-refractivity contribution in [2.24, 2.45) is 10.9 Å². The van der Waals surface area contributed by atoms with Crippen LogP contribution in [0.25, 0.3) is 0 Å². The molecule has 0 aliphatic rings. The number of halogens is 1. The van der Waals surface area contributed by atoms with Crippen LogP contribution >= 0.6 is 0 Å². The summed E-state index contributed by atoms with van der Waals surface area (Å²) in [4.78, 5) is 3.56. The molecule has 17 heavy (non-hydrogen) atoms. The lowest BCUT2D eigenvalue weighted by atomic mass is 10.3. The fraction of sp³-hybridized carbons (Fsp3) is 0.500. The molecule has 3 N–H and O–H groups in total. The van der Waals surface area contributed by atoms with Crippen LogP contribution in [0.15, 0.2) is 23.5 Å². The topological polar surface area (TPSA) is 71.5 Å². The summed E-state index contributed by atoms with van der Waals surface area (Å²) in [5.41, 5.74) is 5.40. The van der Waals surface area contributed by atoms with Crippen LogP contribution in [0.3, 0.4) is 0 Å². The molecule has 0 radical (unpaired) electrons. The highest BCUT2D eigenvalue weighted by Crippen LogP contribution is 1.96. The van der Waals surface area contributed by atoms with Gasteiger partial charge < -0.3 is 10.9 Å². The van der Waals surface area contributed by atoms with Gasteiger partial charge in [0.15, 0.2) is 5.84 Å². The molecule has 0 amide bonds. The van der Waals surface area contributed by atoms with Gasteiger partial charge in [0.1, 0.15) is 11.5 Å². The zero-order valence-corrected chi connectivity index (χ0v) is 11.5. The van der Waals surface area contributed by atoms with E-state index in [4.69, 9.17) is 10.9 Å². The molecule has 1 aromatic rings. The molecule has 0 aromatic carbocycles. The highest BCUT2D eigenvalue weighted by molar-refractivity contribution is 5.94. The molecule has 5 heteroatoms. The largest absolute Gasteiger partial charge is 0.409 e. The quantitative estimate of drug-likeness (QED) is 0.345. The van der Waals surface area contributed by atoms with Gasteiger partial charge >= 0.3 is 0 Å². The minimum Gasteiger partial charge on any atom is -0.409 e. The van der Waals surface area contributed by atoms with Crippen LogP contribution in [0, 0.1) is 5.82 Å². The Balaban J connectivity index is -0.000000285. The average molecular weight is 245 g/mol. The molecule has 0 aliphatic carbocycles. The Hall–Kier alpha value is -1.65. The monoisotopic (exact) mass is 245 g/mol. The van der Waals surface area contributed by atoms with Crippen molar-refractivity contribution in [1.82, 2.24) is 4.98 Å². The van der Waals surface area contributed by atoms with Crippen LogP contribution in [-0.4, -0.2) is 16.0 Å². The van der Waals surface area contributed by atoms with Gasteiger partial charge in [-0.05, 0) is 12.1 Å². The molecule has 0 unspecified atom stereocenters. The molecule has 0 bridgehead atoms. The summed E-state index contributed by atoms with van der Waals surface area (Å²) < 4.78 is 12.2. The van der Waals surface area contributed by atoms with Crippen LogP contribution in [0.1, 0.15) is 47.2 Å². The third kappa shape index (κ3) is 10.6. The molecule has 0 fully saturated rings. The summed E-state index contributed by atoms with van der Waals surface area (Å²) in [6, 6.07) is 2.50. The summed E-state index contributed by atoms with van der Waals surface area (Å²) in [5, 5.41) is 10.9. The normalized spacial score (nSPS) is 8.53. The Morgan fingerprint density at radius 2 is 1.65 bits per heavy atom. The third-order valence-corrected chi connectivity index (χ3v) is 1.10. The predicted octanol–water partition coefficient (Wildman–Crippen LogP) is 3.39. The van der Waals surface area contributed by atoms with Gasteiger partial charge in [-0.15, -0.1) is 0 Å². The van der Waals surface area contributed by atoms with Gasteiger partial charge in [-0.25, -0.2) is 9.37 Å². The Morgan fingerprint density at radius 3 is 1.94 bits per heavy atom. The second kappa shape index (κ2) is 16.8. The molecule has 1 heterocycles. The van der Waals surface area contributed by atoms with Crippen molar-refractivity contribution in [3.05, 3.63) is 29.8 Å². The standard InChI is InChI=1S/C6H6FN3O.3C2H6/c7-4-1-2-5(9-3-4)6(8)10-11;3*1-2/h1-3,11H,(H2,8,10);3*1-2H3. The van der Waals surface area contributed by atoms with Crippen molar-refractivity contribution in [2.45, 2.75) is 41.5 Å². The first kappa shape index (κ1) is 20.7. The molecule has 100 valence electrons. The van der Waals surface area contributed by atoms with E-state index in [0.717, 1.165) is 6.20 Å². The van der Waals surface area contributed by atoms with E-state index in [1.54, 1.807) is 0 Å². The smallest absolute Gasteiger partial charge is 0.188 e. The van der Waals surface area contributed by atoms with Crippen molar-refractivity contribution < 1.29 is 9.60 Å². The van der Waals surface area contributed by atoms with Crippen molar-refractivity contribution in [2.75, 3.05) is 0 Å². The lowest BCUT2D eigenvalue weighted by Crippen LogP contribution is -2.14. The average Bonchev–Trinajstić information content (AvgIpc) is 2.45. The molecule has 0 saturated carbocycles. The van der Waals surface area contributed by atoms with Crippen LogP contribution in [0.5, 0.6) is 0 Å². The number of hydrogen-bond acceptors (Lipinski definition) is 3. The summed E-state index contributed by atoms with van der Waals surface area (Å²) in [7, 11) is 0. The molecule has 0 aliphatic heterocycles. The van der Waals surface area contributed by atoms with Crippen LogP contribution < -0.4 is 5.73 Å². The van der Waals surface area contributed by atoms with E-state index in [9.17, 15) is 4.39 Å². The van der Waals surface area contributed by atoms with E-state index in [0.29, 0.717) is 0 Å². The highest BCUT2D eigenvalue weighted by Gasteiger charge is 1.98. The molecular weight excluding hydrogens is 221 g/mol. The first-order valence-electron chi connectivity index (χ1n) is 5.83. The van der Waals surface area contributed by atoms with Crippen molar-refractivity contribution in [3.63, 3.8) is 0 Å². The fourth-order valence-electron chi connectivity index (χ4n) is 0.579. The Kier molecular flexibility index (Phi) is 20.4. The number of rotatable bonds is 1. The molecule has 1 aromatic heterocycles. The van der Waals surface area contributed by atoms with Gasteiger partial charge in [0, 0.05) is 0 Å². The van der Waals surface area contributed by atoms with Crippen LogP contribution in [0.2, 0.25) is 0 Å². The van der Waals surface area contributed by atoms with Gasteiger partial charge in [0.2, 0.25) is 0 Å². The van der Waals surface area contributed by atoms with E-state index < -0.39 is 5.82 Å². The number of nitrogens with two attached hydrogens (primary N) is 1. The highest BCUT2D eigenvalue weighted by atomic mass is 19.1. The van der Waals surface area contributed by atoms with E-state index >= 15 is 0 Å². The van der Waals surface area contributed by atoms with E-state index in [1.165, 1.54) is 12.1 Å². The molecule has 4 nitrogen and oxygen atoms in total. The fourth-order valence-corrected chi connectivity index (χ4v) is 0.579. The molecule has 0 saturated heterocycles. The van der Waals surface area contributed by atoms with Gasteiger partial charge in [0.05, 0.1) is 6.20 Å². The van der Waals surface area contributed by atoms with E-state index in [-0.39, 0.29) is 11.5 Å². The Bertz CT molecular complexity index is 274. The van der Waals surface area contributed by atoms with Gasteiger partial charge in [-0.3, -0.25) is 0 Å². The number of nitrogens with zero attached hydrogens (tertiary/aromatic N) is 2. The maximum absolute atomic E-state index is 12.2. The lowest BCUT2D eigenvalue weighted by Gasteiger charge is -1.94. The summed E-state index contributed by atoms with van der Waals surface area (Å²) >= 11 is 0. The number of pyridine rings is 1. The Morgan fingerprint density at radius 1 is 1.18 bits per heavy atom. The van der Waals surface area contributed by atoms with Gasteiger partial charge in [0.25, 0.3) is 0 Å². The minimum atomic E-state index is -0.459. The van der Waals surface area contributed by atoms with Crippen LogP contribution in [0.4, 0.5) is 4.39 Å². The lowest BCUT2D eigenvalue weighted by molar-refractivity contribution is 0.318. The van der Waals surface area contributed by atoms with Crippen molar-refractivity contribution in [3.8, 4) is 0 Å².